The van der Waals surface area contributed by atoms with Gasteiger partial charge in [0.1, 0.15) is 0 Å². The van der Waals surface area contributed by atoms with Crippen LogP contribution in [0, 0.1) is 0 Å². The summed E-state index contributed by atoms with van der Waals surface area (Å²) in [6, 6.07) is 1.22. The highest BCUT2D eigenvalue weighted by Crippen LogP contribution is 2.21. The Morgan fingerprint density at radius 1 is 1.50 bits per heavy atom. The van der Waals surface area contributed by atoms with Crippen LogP contribution in [-0.2, 0) is 0 Å². The van der Waals surface area contributed by atoms with Gasteiger partial charge in [0.2, 0.25) is 0 Å². The summed E-state index contributed by atoms with van der Waals surface area (Å²) in [7, 11) is 2.27. The molecular weight excluding hydrogens is 192 g/mol. The first-order chi connectivity index (χ1) is 6.70. The average Bonchev–Trinajstić information content (AvgIpc) is 2.64. The third kappa shape index (κ3) is 4.67. The van der Waals surface area contributed by atoms with E-state index in [2.05, 4.69) is 30.6 Å². The van der Waals surface area contributed by atoms with Crippen LogP contribution in [-0.4, -0.2) is 42.1 Å². The highest BCUT2D eigenvalue weighted by Gasteiger charge is 2.19. The second-order valence-electron chi connectivity index (χ2n) is 4.47. The fourth-order valence-corrected chi connectivity index (χ4v) is 3.18. The normalized spacial score (nSPS) is 24.4. The predicted molar refractivity (Wildman–Crippen MR) is 65.9 cm³/mol. The molecule has 2 N–H and O–H groups in total. The molecule has 0 amide bonds. The van der Waals surface area contributed by atoms with Gasteiger partial charge < -0.3 is 10.6 Å². The van der Waals surface area contributed by atoms with Crippen molar-refractivity contribution < 1.29 is 0 Å². The third-order valence-electron chi connectivity index (χ3n) is 2.95. The van der Waals surface area contributed by atoms with Gasteiger partial charge in [-0.1, -0.05) is 6.42 Å². The molecule has 2 unspecified atom stereocenters. The summed E-state index contributed by atoms with van der Waals surface area (Å²) in [5, 5.41) is 0. The molecule has 1 fully saturated rings. The van der Waals surface area contributed by atoms with Gasteiger partial charge in [0.05, 0.1) is 0 Å². The summed E-state index contributed by atoms with van der Waals surface area (Å²) < 4.78 is 0. The monoisotopic (exact) mass is 216 g/mol. The van der Waals surface area contributed by atoms with Gasteiger partial charge in [0, 0.05) is 17.8 Å². The Kier molecular flexibility index (Phi) is 5.90. The summed E-state index contributed by atoms with van der Waals surface area (Å²) in [5.74, 6) is 2.69. The van der Waals surface area contributed by atoms with Crippen LogP contribution in [0.25, 0.3) is 0 Å². The van der Waals surface area contributed by atoms with E-state index in [4.69, 9.17) is 5.73 Å². The predicted octanol–water partition coefficient (Wildman–Crippen LogP) is 1.94. The Bertz CT molecular complexity index is 144. The van der Waals surface area contributed by atoms with Crippen LogP contribution in [0.1, 0.15) is 32.6 Å². The van der Waals surface area contributed by atoms with Gasteiger partial charge >= 0.3 is 0 Å². The molecule has 1 heterocycles. The van der Waals surface area contributed by atoms with E-state index < -0.39 is 0 Å². The zero-order valence-electron chi connectivity index (χ0n) is 9.54. The quantitative estimate of drug-likeness (QED) is 0.688. The van der Waals surface area contributed by atoms with Gasteiger partial charge in [-0.15, -0.1) is 0 Å². The van der Waals surface area contributed by atoms with Gasteiger partial charge in [-0.05, 0) is 45.5 Å². The SMILES string of the molecule is CC(N)CCCCN(C)C1CCSC1. The Labute approximate surface area is 92.6 Å². The van der Waals surface area contributed by atoms with Crippen LogP contribution in [0.2, 0.25) is 0 Å². The zero-order valence-corrected chi connectivity index (χ0v) is 10.4. The molecule has 14 heavy (non-hydrogen) atoms. The molecule has 2 nitrogen and oxygen atoms in total. The molecule has 1 saturated heterocycles. The van der Waals surface area contributed by atoms with Crippen molar-refractivity contribution >= 4 is 11.8 Å². The highest BCUT2D eigenvalue weighted by molar-refractivity contribution is 7.99. The van der Waals surface area contributed by atoms with Crippen molar-refractivity contribution in [2.45, 2.75) is 44.7 Å². The molecule has 0 saturated carbocycles. The number of thioether (sulfide) groups is 1. The molecule has 3 heteroatoms. The minimum Gasteiger partial charge on any atom is -0.328 e. The number of nitrogens with zero attached hydrogens (tertiary/aromatic N) is 1. The highest BCUT2D eigenvalue weighted by atomic mass is 32.2. The molecule has 0 aromatic heterocycles. The summed E-state index contributed by atoms with van der Waals surface area (Å²) in [4.78, 5) is 2.53. The summed E-state index contributed by atoms with van der Waals surface area (Å²) in [6.45, 7) is 3.34. The van der Waals surface area contributed by atoms with Gasteiger partial charge in [0.25, 0.3) is 0 Å². The largest absolute Gasteiger partial charge is 0.328 e. The summed E-state index contributed by atoms with van der Waals surface area (Å²) >= 11 is 2.09. The smallest absolute Gasteiger partial charge is 0.0191 e. The summed E-state index contributed by atoms with van der Waals surface area (Å²) in [6.07, 6.45) is 5.14. The van der Waals surface area contributed by atoms with E-state index in [1.165, 1.54) is 43.7 Å². The molecule has 1 aliphatic heterocycles. The third-order valence-corrected chi connectivity index (χ3v) is 4.09. The van der Waals surface area contributed by atoms with E-state index in [1.54, 1.807) is 0 Å². The molecule has 0 radical (unpaired) electrons. The first-order valence-corrected chi connectivity index (χ1v) is 6.89. The minimum absolute atomic E-state index is 0.377. The molecule has 84 valence electrons. The number of rotatable bonds is 6. The maximum absolute atomic E-state index is 5.71. The minimum atomic E-state index is 0.377. The Morgan fingerprint density at radius 2 is 2.29 bits per heavy atom. The van der Waals surface area contributed by atoms with Crippen LogP contribution >= 0.6 is 11.8 Å². The second kappa shape index (κ2) is 6.70. The number of hydrogen-bond donors (Lipinski definition) is 1. The van der Waals surface area contributed by atoms with Gasteiger partial charge in [-0.2, -0.15) is 11.8 Å². The van der Waals surface area contributed by atoms with Crippen molar-refractivity contribution in [3.63, 3.8) is 0 Å². The van der Waals surface area contributed by atoms with E-state index in [1.807, 2.05) is 0 Å². The molecule has 0 aromatic carbocycles. The second-order valence-corrected chi connectivity index (χ2v) is 5.62. The average molecular weight is 216 g/mol. The van der Waals surface area contributed by atoms with Crippen LogP contribution in [0.4, 0.5) is 0 Å². The van der Waals surface area contributed by atoms with Crippen molar-refractivity contribution in [3.8, 4) is 0 Å². The fourth-order valence-electron chi connectivity index (χ4n) is 1.88. The van der Waals surface area contributed by atoms with Crippen LogP contribution < -0.4 is 5.73 Å². The van der Waals surface area contributed by atoms with Gasteiger partial charge in [0.15, 0.2) is 0 Å². The molecule has 0 aliphatic carbocycles. The van der Waals surface area contributed by atoms with Crippen LogP contribution in [0.5, 0.6) is 0 Å². The lowest BCUT2D eigenvalue weighted by Gasteiger charge is -2.23. The molecule has 0 spiro atoms. The Hall–Kier alpha value is 0.270. The molecular formula is C11H24N2S. The van der Waals surface area contributed by atoms with E-state index in [9.17, 15) is 0 Å². The first kappa shape index (κ1) is 12.3. The molecule has 0 aromatic rings. The lowest BCUT2D eigenvalue weighted by Crippen LogP contribution is -2.32. The number of hydrogen-bond acceptors (Lipinski definition) is 3. The summed E-state index contributed by atoms with van der Waals surface area (Å²) in [5.41, 5.74) is 5.71. The van der Waals surface area contributed by atoms with Crippen molar-refractivity contribution in [2.75, 3.05) is 25.1 Å². The van der Waals surface area contributed by atoms with Crippen molar-refractivity contribution in [1.82, 2.24) is 4.90 Å². The van der Waals surface area contributed by atoms with Crippen LogP contribution in [0.15, 0.2) is 0 Å². The first-order valence-electron chi connectivity index (χ1n) is 5.73. The zero-order chi connectivity index (χ0) is 10.4. The molecule has 0 bridgehead atoms. The molecule has 1 rings (SSSR count). The standard InChI is InChI=1S/C11H24N2S/c1-10(12)5-3-4-7-13(2)11-6-8-14-9-11/h10-11H,3-9,12H2,1-2H3. The van der Waals surface area contributed by atoms with Gasteiger partial charge in [-0.3, -0.25) is 0 Å². The van der Waals surface area contributed by atoms with E-state index in [-0.39, 0.29) is 0 Å². The van der Waals surface area contributed by atoms with E-state index in [0.717, 1.165) is 6.04 Å². The van der Waals surface area contributed by atoms with Crippen molar-refractivity contribution in [3.05, 3.63) is 0 Å². The Balaban J connectivity index is 1.99. The topological polar surface area (TPSA) is 29.3 Å². The van der Waals surface area contributed by atoms with E-state index in [0.29, 0.717) is 6.04 Å². The van der Waals surface area contributed by atoms with Crippen LogP contribution in [0.3, 0.4) is 0 Å². The maximum Gasteiger partial charge on any atom is 0.0191 e. The van der Waals surface area contributed by atoms with Crippen molar-refractivity contribution in [2.24, 2.45) is 5.73 Å². The molecule has 2 atom stereocenters. The lowest BCUT2D eigenvalue weighted by atomic mass is 10.1. The maximum atomic E-state index is 5.71. The number of unbranched alkanes of at least 4 members (excludes halogenated alkanes) is 1. The lowest BCUT2D eigenvalue weighted by molar-refractivity contribution is 0.256. The van der Waals surface area contributed by atoms with Gasteiger partial charge in [-0.25, -0.2) is 0 Å². The van der Waals surface area contributed by atoms with Crippen molar-refractivity contribution in [1.29, 1.82) is 0 Å². The fraction of sp³-hybridized carbons (Fsp3) is 1.00. The van der Waals surface area contributed by atoms with E-state index >= 15 is 0 Å². The Morgan fingerprint density at radius 3 is 2.86 bits per heavy atom. The number of nitrogens with two attached hydrogens (primary N) is 1. The molecule has 1 aliphatic rings.